The number of hydrogen-bond donors (Lipinski definition) is 3. The number of rotatable bonds is 7. The Morgan fingerprint density at radius 3 is 2.58 bits per heavy atom. The Morgan fingerprint density at radius 2 is 1.82 bits per heavy atom. The first kappa shape index (κ1) is 24.5. The van der Waals surface area contributed by atoms with Crippen LogP contribution in [0, 0.1) is 23.0 Å². The number of fused-ring (bicyclic) bond motifs is 1. The molecule has 3 N–H and O–H groups in total. The Labute approximate surface area is 216 Å². The number of halogens is 2. The topological polar surface area (TPSA) is 119 Å². The number of carbonyl (C=O) groups is 1. The van der Waals surface area contributed by atoms with E-state index in [-0.39, 0.29) is 16.9 Å². The van der Waals surface area contributed by atoms with Crippen LogP contribution in [0.1, 0.15) is 40.0 Å². The molecule has 3 heterocycles. The molecule has 38 heavy (non-hydrogen) atoms. The van der Waals surface area contributed by atoms with Gasteiger partial charge in [-0.15, -0.1) is 0 Å². The maximum absolute atomic E-state index is 13.6. The quantitative estimate of drug-likeness (QED) is 0.275. The molecule has 188 valence electrons. The summed E-state index contributed by atoms with van der Waals surface area (Å²) >= 11 is 0. The molecule has 1 atom stereocenters. The van der Waals surface area contributed by atoms with Crippen molar-refractivity contribution < 1.29 is 13.6 Å². The Balaban J connectivity index is 1.30. The number of carbonyl (C=O) groups excluding carboxylic acids is 1. The van der Waals surface area contributed by atoms with Crippen molar-refractivity contribution in [3.63, 3.8) is 0 Å². The molecule has 0 fully saturated rings. The van der Waals surface area contributed by atoms with Gasteiger partial charge in [0, 0.05) is 29.9 Å². The van der Waals surface area contributed by atoms with E-state index in [9.17, 15) is 18.8 Å². The van der Waals surface area contributed by atoms with E-state index in [1.165, 1.54) is 18.3 Å². The van der Waals surface area contributed by atoms with Crippen LogP contribution in [0.3, 0.4) is 0 Å². The lowest BCUT2D eigenvalue weighted by Crippen LogP contribution is -2.28. The Hall–Kier alpha value is -5.17. The van der Waals surface area contributed by atoms with Crippen molar-refractivity contribution in [2.75, 3.05) is 5.32 Å². The smallest absolute Gasteiger partial charge is 0.255 e. The third-order valence-corrected chi connectivity index (χ3v) is 6.09. The summed E-state index contributed by atoms with van der Waals surface area (Å²) in [5, 5.41) is 23.0. The maximum atomic E-state index is 13.6. The highest BCUT2D eigenvalue weighted by atomic mass is 19.2. The fourth-order valence-electron chi connectivity index (χ4n) is 3.97. The van der Waals surface area contributed by atoms with Gasteiger partial charge in [-0.25, -0.2) is 18.7 Å². The fraction of sp³-hybridized carbons (Fsp3) is 0.107. The van der Waals surface area contributed by atoms with Crippen LogP contribution >= 0.6 is 0 Å². The predicted molar refractivity (Wildman–Crippen MR) is 138 cm³/mol. The third-order valence-electron chi connectivity index (χ3n) is 6.09. The van der Waals surface area contributed by atoms with Crippen LogP contribution in [0.25, 0.3) is 22.2 Å². The van der Waals surface area contributed by atoms with Gasteiger partial charge in [0.1, 0.15) is 11.9 Å². The summed E-state index contributed by atoms with van der Waals surface area (Å²) in [6.07, 6.45) is 4.88. The molecular formula is C28H21F2N7O. The first-order valence-electron chi connectivity index (χ1n) is 11.7. The zero-order chi connectivity index (χ0) is 26.6. The molecule has 0 aliphatic heterocycles. The van der Waals surface area contributed by atoms with Crippen LogP contribution in [0.2, 0.25) is 0 Å². The molecule has 8 nitrogen and oxygen atoms in total. The summed E-state index contributed by atoms with van der Waals surface area (Å²) in [5.41, 5.74) is 4.40. The van der Waals surface area contributed by atoms with Crippen molar-refractivity contribution in [2.45, 2.75) is 19.5 Å². The molecule has 0 aliphatic rings. The van der Waals surface area contributed by atoms with Crippen LogP contribution in [0.4, 0.5) is 14.6 Å². The second kappa shape index (κ2) is 10.4. The number of nitrogens with one attached hydrogen (secondary N) is 3. The molecule has 2 aromatic carbocycles. The molecule has 0 aliphatic carbocycles. The number of aromatic amines is 1. The lowest BCUT2D eigenvalue weighted by atomic mass is 10.0. The van der Waals surface area contributed by atoms with Gasteiger partial charge >= 0.3 is 0 Å². The number of nitrogens with zero attached hydrogens (tertiary/aromatic N) is 4. The second-order valence-corrected chi connectivity index (χ2v) is 8.68. The van der Waals surface area contributed by atoms with Crippen molar-refractivity contribution in [3.8, 4) is 17.2 Å². The molecule has 1 amide bonds. The van der Waals surface area contributed by atoms with Crippen molar-refractivity contribution in [2.24, 2.45) is 0 Å². The average Bonchev–Trinajstić information content (AvgIpc) is 3.41. The van der Waals surface area contributed by atoms with Crippen molar-refractivity contribution in [3.05, 3.63) is 107 Å². The largest absolute Gasteiger partial charge is 0.365 e. The van der Waals surface area contributed by atoms with Gasteiger partial charge in [-0.2, -0.15) is 10.4 Å². The van der Waals surface area contributed by atoms with E-state index in [0.717, 1.165) is 39.9 Å². The predicted octanol–water partition coefficient (Wildman–Crippen LogP) is 5.27. The summed E-state index contributed by atoms with van der Waals surface area (Å²) in [6, 6.07) is 16.1. The van der Waals surface area contributed by atoms with Gasteiger partial charge in [0.05, 0.1) is 23.4 Å². The van der Waals surface area contributed by atoms with Crippen LogP contribution in [-0.2, 0) is 6.54 Å². The van der Waals surface area contributed by atoms with E-state index in [1.54, 1.807) is 19.3 Å². The molecule has 5 aromatic rings. The van der Waals surface area contributed by atoms with Gasteiger partial charge in [0.15, 0.2) is 17.3 Å². The number of anilines is 1. The SMILES string of the molecule is CC(NC(=O)c1cc(C#N)cnc1NCc1ccc(-c2cnc3[nH]ncc3c2)cc1)c1ccc(F)c(F)c1. The van der Waals surface area contributed by atoms with Gasteiger partial charge in [0.2, 0.25) is 0 Å². The lowest BCUT2D eigenvalue weighted by Gasteiger charge is -2.17. The van der Waals surface area contributed by atoms with Gasteiger partial charge in [-0.05, 0) is 47.9 Å². The molecule has 0 bridgehead atoms. The standard InChI is InChI=1S/C28H21F2N7O/c1-16(20-6-7-24(29)25(30)10-20)36-28(38)23-8-18(11-31)13-33-27(23)32-12-17-2-4-19(5-3-17)21-9-22-15-35-37-26(22)34-14-21/h2-10,13-16H,12H2,1H3,(H,32,33)(H,36,38)(H,34,35,37). The first-order valence-corrected chi connectivity index (χ1v) is 11.7. The number of H-pyrrole nitrogens is 1. The second-order valence-electron chi connectivity index (χ2n) is 8.68. The van der Waals surface area contributed by atoms with Crippen LogP contribution in [0.5, 0.6) is 0 Å². The van der Waals surface area contributed by atoms with Crippen molar-refractivity contribution >= 4 is 22.8 Å². The van der Waals surface area contributed by atoms with E-state index < -0.39 is 23.6 Å². The fourth-order valence-corrected chi connectivity index (χ4v) is 3.97. The molecule has 10 heteroatoms. The van der Waals surface area contributed by atoms with E-state index >= 15 is 0 Å². The third kappa shape index (κ3) is 5.17. The number of nitriles is 1. The normalized spacial score (nSPS) is 11.6. The molecule has 0 saturated carbocycles. The molecule has 5 rings (SSSR count). The van der Waals surface area contributed by atoms with E-state index in [2.05, 4.69) is 30.8 Å². The Morgan fingerprint density at radius 1 is 1.00 bits per heavy atom. The average molecular weight is 510 g/mol. The molecule has 1 unspecified atom stereocenters. The van der Waals surface area contributed by atoms with E-state index in [4.69, 9.17) is 0 Å². The summed E-state index contributed by atoms with van der Waals surface area (Å²) < 4.78 is 26.9. The Kier molecular flexibility index (Phi) is 6.74. The summed E-state index contributed by atoms with van der Waals surface area (Å²) in [6.45, 7) is 2.03. The zero-order valence-electron chi connectivity index (χ0n) is 20.2. The highest BCUT2D eigenvalue weighted by Crippen LogP contribution is 2.23. The molecular weight excluding hydrogens is 488 g/mol. The number of aromatic nitrogens is 4. The van der Waals surface area contributed by atoms with Gasteiger partial charge in [-0.1, -0.05) is 30.3 Å². The summed E-state index contributed by atoms with van der Waals surface area (Å²) in [5.74, 6) is -2.18. The molecule has 0 saturated heterocycles. The molecule has 3 aromatic heterocycles. The van der Waals surface area contributed by atoms with E-state index in [0.29, 0.717) is 12.1 Å². The van der Waals surface area contributed by atoms with E-state index in [1.807, 2.05) is 36.4 Å². The summed E-state index contributed by atoms with van der Waals surface area (Å²) in [7, 11) is 0. The maximum Gasteiger partial charge on any atom is 0.255 e. The number of pyridine rings is 2. The zero-order valence-corrected chi connectivity index (χ0v) is 20.2. The highest BCUT2D eigenvalue weighted by Gasteiger charge is 2.18. The number of hydrogen-bond acceptors (Lipinski definition) is 6. The first-order chi connectivity index (χ1) is 18.4. The molecule has 0 spiro atoms. The minimum absolute atomic E-state index is 0.162. The molecule has 0 radical (unpaired) electrons. The van der Waals surface area contributed by atoms with Gasteiger partial charge in [0.25, 0.3) is 5.91 Å². The number of benzene rings is 2. The van der Waals surface area contributed by atoms with Crippen LogP contribution in [0.15, 0.2) is 73.2 Å². The highest BCUT2D eigenvalue weighted by molar-refractivity contribution is 5.99. The lowest BCUT2D eigenvalue weighted by molar-refractivity contribution is 0.0940. The Bertz CT molecular complexity index is 1680. The monoisotopic (exact) mass is 509 g/mol. The van der Waals surface area contributed by atoms with Crippen LogP contribution in [-0.4, -0.2) is 26.1 Å². The number of amides is 1. The van der Waals surface area contributed by atoms with Gasteiger partial charge < -0.3 is 10.6 Å². The van der Waals surface area contributed by atoms with Crippen LogP contribution < -0.4 is 10.6 Å². The minimum Gasteiger partial charge on any atom is -0.365 e. The van der Waals surface area contributed by atoms with Crippen molar-refractivity contribution in [1.29, 1.82) is 5.26 Å². The minimum atomic E-state index is -0.997. The summed E-state index contributed by atoms with van der Waals surface area (Å²) in [4.78, 5) is 21.7. The van der Waals surface area contributed by atoms with Crippen molar-refractivity contribution in [1.82, 2.24) is 25.5 Å². The van der Waals surface area contributed by atoms with Gasteiger partial charge in [-0.3, -0.25) is 9.89 Å².